The normalized spacial score (nSPS) is 19.9. The van der Waals surface area contributed by atoms with Gasteiger partial charge < -0.3 is 10.1 Å². The smallest absolute Gasteiger partial charge is 0.119 e. The molecule has 1 aliphatic heterocycles. The standard InChI is InChI=1S/C20H23NO/c1-4-14-6-8-16(9-7-14)20-12-15(5-2)18-13-17(22-3)10-11-19(18)21-20/h5-11,13,15,20-21H,2,4,12H2,1,3H3/t15-,20-/m0/s1. The maximum Gasteiger partial charge on any atom is 0.119 e. The predicted molar refractivity (Wildman–Crippen MR) is 92.7 cm³/mol. The van der Waals surface area contributed by atoms with E-state index in [2.05, 4.69) is 55.2 Å². The number of allylic oxidation sites excluding steroid dienone is 1. The van der Waals surface area contributed by atoms with E-state index in [0.29, 0.717) is 12.0 Å². The third-order valence-electron chi connectivity index (χ3n) is 4.55. The van der Waals surface area contributed by atoms with Gasteiger partial charge >= 0.3 is 0 Å². The highest BCUT2D eigenvalue weighted by Crippen LogP contribution is 2.42. The number of fused-ring (bicyclic) bond motifs is 1. The maximum atomic E-state index is 5.35. The minimum atomic E-state index is 0.329. The van der Waals surface area contributed by atoms with Crippen molar-refractivity contribution < 1.29 is 4.74 Å². The first kappa shape index (κ1) is 14.7. The van der Waals surface area contributed by atoms with Crippen molar-refractivity contribution in [2.45, 2.75) is 31.7 Å². The lowest BCUT2D eigenvalue weighted by Gasteiger charge is -2.32. The van der Waals surface area contributed by atoms with Crippen molar-refractivity contribution >= 4 is 5.69 Å². The number of aryl methyl sites for hydroxylation is 1. The van der Waals surface area contributed by atoms with E-state index in [9.17, 15) is 0 Å². The molecule has 0 spiro atoms. The lowest BCUT2D eigenvalue weighted by Crippen LogP contribution is -2.20. The van der Waals surface area contributed by atoms with Crippen molar-refractivity contribution in [3.63, 3.8) is 0 Å². The van der Waals surface area contributed by atoms with Gasteiger partial charge in [0.05, 0.1) is 13.2 Å². The van der Waals surface area contributed by atoms with Gasteiger partial charge in [-0.25, -0.2) is 0 Å². The Morgan fingerprint density at radius 3 is 2.64 bits per heavy atom. The van der Waals surface area contributed by atoms with Crippen LogP contribution in [-0.4, -0.2) is 7.11 Å². The van der Waals surface area contributed by atoms with Crippen LogP contribution in [0.4, 0.5) is 5.69 Å². The molecule has 0 radical (unpaired) electrons. The topological polar surface area (TPSA) is 21.3 Å². The number of anilines is 1. The summed E-state index contributed by atoms with van der Waals surface area (Å²) in [6.07, 6.45) is 4.15. The largest absolute Gasteiger partial charge is 0.497 e. The Labute approximate surface area is 132 Å². The summed E-state index contributed by atoms with van der Waals surface area (Å²) in [5.41, 5.74) is 5.17. The summed E-state index contributed by atoms with van der Waals surface area (Å²) in [5, 5.41) is 3.66. The van der Waals surface area contributed by atoms with E-state index in [4.69, 9.17) is 4.74 Å². The van der Waals surface area contributed by atoms with Gasteiger partial charge in [-0.15, -0.1) is 6.58 Å². The van der Waals surface area contributed by atoms with E-state index in [1.54, 1.807) is 7.11 Å². The van der Waals surface area contributed by atoms with E-state index in [1.165, 1.54) is 22.4 Å². The number of ether oxygens (including phenoxy) is 1. The van der Waals surface area contributed by atoms with Crippen molar-refractivity contribution in [3.8, 4) is 5.75 Å². The highest BCUT2D eigenvalue weighted by atomic mass is 16.5. The van der Waals surface area contributed by atoms with E-state index in [0.717, 1.165) is 18.6 Å². The van der Waals surface area contributed by atoms with Gasteiger partial charge in [0.15, 0.2) is 0 Å². The molecule has 1 N–H and O–H groups in total. The molecule has 2 atom stereocenters. The summed E-state index contributed by atoms with van der Waals surface area (Å²) >= 11 is 0. The number of rotatable bonds is 4. The third-order valence-corrected chi connectivity index (χ3v) is 4.55. The number of hydrogen-bond acceptors (Lipinski definition) is 2. The molecule has 2 heteroatoms. The monoisotopic (exact) mass is 293 g/mol. The van der Waals surface area contributed by atoms with E-state index >= 15 is 0 Å². The van der Waals surface area contributed by atoms with Gasteiger partial charge in [0.25, 0.3) is 0 Å². The first-order valence-corrected chi connectivity index (χ1v) is 7.91. The number of nitrogens with one attached hydrogen (secondary N) is 1. The minimum Gasteiger partial charge on any atom is -0.497 e. The Morgan fingerprint density at radius 2 is 2.00 bits per heavy atom. The van der Waals surface area contributed by atoms with Gasteiger partial charge in [-0.1, -0.05) is 37.3 Å². The van der Waals surface area contributed by atoms with Crippen LogP contribution >= 0.6 is 0 Å². The zero-order valence-electron chi connectivity index (χ0n) is 13.3. The Bertz CT molecular complexity index is 660. The summed E-state index contributed by atoms with van der Waals surface area (Å²) in [4.78, 5) is 0. The zero-order chi connectivity index (χ0) is 15.5. The quantitative estimate of drug-likeness (QED) is 0.793. The fourth-order valence-corrected chi connectivity index (χ4v) is 3.16. The molecule has 2 aromatic rings. The van der Waals surface area contributed by atoms with E-state index in [1.807, 2.05) is 12.1 Å². The Balaban J connectivity index is 1.91. The molecule has 0 saturated carbocycles. The summed E-state index contributed by atoms with van der Waals surface area (Å²) in [5.74, 6) is 1.25. The molecule has 114 valence electrons. The number of benzene rings is 2. The molecule has 0 bridgehead atoms. The van der Waals surface area contributed by atoms with E-state index in [-0.39, 0.29) is 0 Å². The van der Waals surface area contributed by atoms with Crippen LogP contribution in [0.15, 0.2) is 55.1 Å². The average molecular weight is 293 g/mol. The molecule has 0 unspecified atom stereocenters. The third kappa shape index (κ3) is 2.74. The van der Waals surface area contributed by atoms with Gasteiger partial charge in [-0.3, -0.25) is 0 Å². The summed E-state index contributed by atoms with van der Waals surface area (Å²) < 4.78 is 5.35. The van der Waals surface area contributed by atoms with Gasteiger partial charge in [0, 0.05) is 11.6 Å². The second-order valence-corrected chi connectivity index (χ2v) is 5.82. The molecule has 2 aromatic carbocycles. The van der Waals surface area contributed by atoms with Crippen LogP contribution in [0.3, 0.4) is 0 Å². The summed E-state index contributed by atoms with van der Waals surface area (Å²) in [7, 11) is 1.71. The molecule has 0 aromatic heterocycles. The van der Waals surface area contributed by atoms with Crippen LogP contribution in [0.5, 0.6) is 5.75 Å². The van der Waals surface area contributed by atoms with Crippen LogP contribution < -0.4 is 10.1 Å². The molecular formula is C20H23NO. The molecule has 0 aliphatic carbocycles. The molecule has 0 amide bonds. The summed E-state index contributed by atoms with van der Waals surface area (Å²) in [6, 6.07) is 15.5. The van der Waals surface area contributed by atoms with Crippen molar-refractivity contribution in [1.82, 2.24) is 0 Å². The average Bonchev–Trinajstić information content (AvgIpc) is 2.60. The second-order valence-electron chi connectivity index (χ2n) is 5.82. The van der Waals surface area contributed by atoms with Gasteiger partial charge in [0.1, 0.15) is 5.75 Å². The van der Waals surface area contributed by atoms with Crippen LogP contribution in [0, 0.1) is 0 Å². The van der Waals surface area contributed by atoms with E-state index < -0.39 is 0 Å². The lowest BCUT2D eigenvalue weighted by molar-refractivity contribution is 0.413. The highest BCUT2D eigenvalue weighted by molar-refractivity contribution is 5.60. The van der Waals surface area contributed by atoms with Crippen LogP contribution in [-0.2, 0) is 6.42 Å². The number of methoxy groups -OCH3 is 1. The fraction of sp³-hybridized carbons (Fsp3) is 0.300. The van der Waals surface area contributed by atoms with Crippen LogP contribution in [0.2, 0.25) is 0 Å². The minimum absolute atomic E-state index is 0.329. The van der Waals surface area contributed by atoms with Crippen LogP contribution in [0.1, 0.15) is 42.0 Å². The summed E-state index contributed by atoms with van der Waals surface area (Å²) in [6.45, 7) is 6.21. The Morgan fingerprint density at radius 1 is 1.23 bits per heavy atom. The zero-order valence-corrected chi connectivity index (χ0v) is 13.3. The van der Waals surface area contributed by atoms with Gasteiger partial charge in [0.2, 0.25) is 0 Å². The molecule has 1 heterocycles. The SMILES string of the molecule is C=C[C@H]1C[C@@H](c2ccc(CC)cc2)Nc2ccc(OC)cc21. The van der Waals surface area contributed by atoms with Crippen molar-refractivity contribution in [2.75, 3.05) is 12.4 Å². The predicted octanol–water partition coefficient (Wildman–Crippen LogP) is 5.08. The molecule has 2 nitrogen and oxygen atoms in total. The maximum absolute atomic E-state index is 5.35. The van der Waals surface area contributed by atoms with Crippen LogP contribution in [0.25, 0.3) is 0 Å². The molecule has 0 saturated heterocycles. The van der Waals surface area contributed by atoms with Crippen molar-refractivity contribution in [3.05, 3.63) is 71.8 Å². The first-order valence-electron chi connectivity index (χ1n) is 7.91. The number of hydrogen-bond donors (Lipinski definition) is 1. The van der Waals surface area contributed by atoms with Crippen molar-refractivity contribution in [2.24, 2.45) is 0 Å². The van der Waals surface area contributed by atoms with Gasteiger partial charge in [-0.05, 0) is 47.7 Å². The second kappa shape index (κ2) is 6.27. The molecule has 1 aliphatic rings. The molecule has 0 fully saturated rings. The Kier molecular flexibility index (Phi) is 4.19. The van der Waals surface area contributed by atoms with Gasteiger partial charge in [-0.2, -0.15) is 0 Å². The first-order chi connectivity index (χ1) is 10.7. The highest BCUT2D eigenvalue weighted by Gasteiger charge is 2.26. The molecular weight excluding hydrogens is 270 g/mol. The lowest BCUT2D eigenvalue weighted by atomic mass is 9.84. The molecule has 3 rings (SSSR count). The van der Waals surface area contributed by atoms with Crippen molar-refractivity contribution in [1.29, 1.82) is 0 Å². The fourth-order valence-electron chi connectivity index (χ4n) is 3.16. The Hall–Kier alpha value is -2.22. The molecule has 22 heavy (non-hydrogen) atoms.